The molecule has 4 aromatic carbocycles. The van der Waals surface area contributed by atoms with Crippen molar-refractivity contribution in [2.75, 3.05) is 57.2 Å². The molecule has 0 spiro atoms. The van der Waals surface area contributed by atoms with Gasteiger partial charge in [0.1, 0.15) is 14.7 Å². The fraction of sp³-hybridized carbons (Fsp3) is 0.200. The van der Waals surface area contributed by atoms with Gasteiger partial charge in [0.2, 0.25) is 35.7 Å². The Morgan fingerprint density at radius 1 is 0.440 bits per heavy atom. The minimum absolute atomic E-state index is 0.00314. The number of hydrogen-bond donors (Lipinski definition) is 10. The predicted octanol–water partition coefficient (Wildman–Crippen LogP) is 4.10. The maximum Gasteiger partial charge on any atom is 0.296 e. The molecule has 6 aromatic rings. The van der Waals surface area contributed by atoms with E-state index in [1.54, 1.807) is 37.5 Å². The van der Waals surface area contributed by atoms with Gasteiger partial charge in [0.05, 0.1) is 26.1 Å². The third-order valence-electron chi connectivity index (χ3n) is 10.4. The number of rotatable bonds is 22. The van der Waals surface area contributed by atoms with Crippen LogP contribution in [0.25, 0.3) is 12.2 Å². The van der Waals surface area contributed by atoms with Crippen LogP contribution in [-0.2, 0) is 61.3 Å². The van der Waals surface area contributed by atoms with Crippen LogP contribution in [0.1, 0.15) is 38.8 Å². The normalized spacial score (nSPS) is 12.5. The quantitative estimate of drug-likeness (QED) is 0.0260. The zero-order valence-electron chi connectivity index (χ0n) is 39.1. The van der Waals surface area contributed by atoms with E-state index in [2.05, 4.69) is 51.2 Å². The van der Waals surface area contributed by atoms with Crippen molar-refractivity contribution in [3.05, 3.63) is 83.9 Å². The molecule has 75 heavy (non-hydrogen) atoms. The van der Waals surface area contributed by atoms with Gasteiger partial charge in [-0.1, -0.05) is 24.3 Å². The number of benzene rings is 4. The third kappa shape index (κ3) is 14.4. The van der Waals surface area contributed by atoms with Crippen molar-refractivity contribution in [2.45, 2.75) is 57.1 Å². The van der Waals surface area contributed by atoms with E-state index in [1.807, 2.05) is 0 Å². The van der Waals surface area contributed by atoms with Crippen LogP contribution in [-0.4, -0.2) is 129 Å². The molecule has 9 N–H and O–H groups in total. The van der Waals surface area contributed by atoms with Gasteiger partial charge >= 0.3 is 0 Å². The van der Waals surface area contributed by atoms with Crippen LogP contribution in [0, 0.1) is 0 Å². The first-order valence-electron chi connectivity index (χ1n) is 21.3. The van der Waals surface area contributed by atoms with Crippen molar-refractivity contribution >= 4 is 132 Å². The Morgan fingerprint density at radius 2 is 0.800 bits per heavy atom. The molecule has 29 nitrogen and oxygen atoms in total. The van der Waals surface area contributed by atoms with E-state index < -0.39 is 109 Å². The maximum atomic E-state index is 12.8. The number of aromatic nitrogens is 6. The fourth-order valence-corrected chi connectivity index (χ4v) is 10.4. The lowest BCUT2D eigenvalue weighted by Crippen LogP contribution is -2.25. The molecule has 0 bridgehead atoms. The molecule has 0 aliphatic heterocycles. The largest absolute Gasteiger partial charge is 0.341 e. The van der Waals surface area contributed by atoms with Crippen LogP contribution in [0.4, 0.5) is 58.4 Å². The first kappa shape index (κ1) is 57.2. The topological polar surface area (TPSA) is 438 Å². The second kappa shape index (κ2) is 22.4. The maximum absolute atomic E-state index is 12.8. The molecule has 0 atom stereocenters. The molecule has 0 aliphatic rings. The van der Waals surface area contributed by atoms with Gasteiger partial charge in [0.15, 0.2) is 10.7 Å². The van der Waals surface area contributed by atoms with Crippen LogP contribution < -0.4 is 31.1 Å². The van der Waals surface area contributed by atoms with E-state index >= 15 is 0 Å². The zero-order valence-corrected chi connectivity index (χ0v) is 44.1. The molecular formula is C40H44N12O17S6. The average molecular weight is 1160 g/mol. The van der Waals surface area contributed by atoms with Crippen molar-refractivity contribution in [1.82, 2.24) is 29.9 Å². The highest BCUT2D eigenvalue weighted by Crippen LogP contribution is 2.32. The number of thiol groups is 1. The molecule has 0 saturated heterocycles. The van der Waals surface area contributed by atoms with Crippen molar-refractivity contribution in [2.24, 2.45) is 0 Å². The summed E-state index contributed by atoms with van der Waals surface area (Å²) in [5, 5.41) is 10.6. The summed E-state index contributed by atoms with van der Waals surface area (Å²) in [5.41, 5.74) is -1.24. The summed E-state index contributed by atoms with van der Waals surface area (Å²) in [7, 11) is -28.2. The van der Waals surface area contributed by atoms with E-state index in [0.717, 1.165) is 24.3 Å². The van der Waals surface area contributed by atoms with E-state index in [-0.39, 0.29) is 51.2 Å². The highest BCUT2D eigenvalue weighted by molar-refractivity contribution is 7.87. The average Bonchev–Trinajstić information content (AvgIpc) is 3.30. The predicted molar refractivity (Wildman–Crippen MR) is 272 cm³/mol. The molecule has 0 aliphatic carbocycles. The minimum atomic E-state index is -5.04. The van der Waals surface area contributed by atoms with Crippen molar-refractivity contribution < 1.29 is 73.3 Å². The molecular weight excluding hydrogens is 1110 g/mol. The van der Waals surface area contributed by atoms with Crippen LogP contribution in [0.3, 0.4) is 0 Å². The van der Waals surface area contributed by atoms with Gasteiger partial charge in [-0.15, -0.1) is 0 Å². The monoisotopic (exact) mass is 1160 g/mol. The first-order valence-corrected chi connectivity index (χ1v) is 29.7. The van der Waals surface area contributed by atoms with Crippen molar-refractivity contribution in [3.63, 3.8) is 0 Å². The van der Waals surface area contributed by atoms with Crippen LogP contribution in [0.2, 0.25) is 0 Å². The lowest BCUT2D eigenvalue weighted by atomic mass is 10.1. The summed E-state index contributed by atoms with van der Waals surface area (Å²) in [4.78, 5) is 24.8. The molecule has 402 valence electrons. The molecule has 35 heteroatoms. The van der Waals surface area contributed by atoms with Crippen LogP contribution in [0.5, 0.6) is 0 Å². The van der Waals surface area contributed by atoms with E-state index in [1.165, 1.54) is 42.5 Å². The smallest absolute Gasteiger partial charge is 0.296 e. The number of hydrogen-bond acceptors (Lipinski definition) is 24. The Balaban J connectivity index is 1.34. The summed E-state index contributed by atoms with van der Waals surface area (Å²) in [6.45, 7) is 8.36. The second-order valence-electron chi connectivity index (χ2n) is 15.2. The Morgan fingerprint density at radius 3 is 1.16 bits per heavy atom. The molecule has 2 heterocycles. The summed E-state index contributed by atoms with van der Waals surface area (Å²) in [6, 6.07) is 11.7. The molecule has 0 unspecified atom stereocenters. The molecule has 0 fully saturated rings. The number of anilines is 10. The Kier molecular flexibility index (Phi) is 17.1. The summed E-state index contributed by atoms with van der Waals surface area (Å²) >= 11 is 0. The van der Waals surface area contributed by atoms with Crippen LogP contribution >= 0.6 is 0 Å². The van der Waals surface area contributed by atoms with Crippen molar-refractivity contribution in [1.29, 1.82) is 0 Å². The Labute approximate surface area is 431 Å². The van der Waals surface area contributed by atoms with E-state index in [9.17, 15) is 73.3 Å². The van der Waals surface area contributed by atoms with Gasteiger partial charge in [-0.05, 0) is 99.5 Å². The van der Waals surface area contributed by atoms with Gasteiger partial charge in [-0.3, -0.25) is 22.8 Å². The Hall–Kier alpha value is -7.06. The highest BCUT2D eigenvalue weighted by atomic mass is 32.2. The lowest BCUT2D eigenvalue weighted by Gasteiger charge is -2.20. The first-order chi connectivity index (χ1) is 34.9. The van der Waals surface area contributed by atoms with Gasteiger partial charge in [0.25, 0.3) is 50.6 Å². The summed E-state index contributed by atoms with van der Waals surface area (Å²) in [6.07, 6.45) is 2.42. The molecule has 0 amide bonds. The van der Waals surface area contributed by atoms with Gasteiger partial charge in [0, 0.05) is 37.6 Å². The summed E-state index contributed by atoms with van der Waals surface area (Å²) < 4.78 is 197. The highest BCUT2D eigenvalue weighted by Gasteiger charge is 2.25. The summed E-state index contributed by atoms with van der Waals surface area (Å²) in [5.74, 6) is -1.39. The molecule has 0 saturated carbocycles. The lowest BCUT2D eigenvalue weighted by molar-refractivity contribution is 0.479. The van der Waals surface area contributed by atoms with E-state index in [0.29, 0.717) is 44.4 Å². The Bertz CT molecular complexity index is 3890. The van der Waals surface area contributed by atoms with E-state index in [4.69, 9.17) is 0 Å². The number of nitrogens with zero attached hydrogens (tertiary/aromatic N) is 8. The zero-order chi connectivity index (χ0) is 55.4. The number of nitrogens with one attached hydrogen (secondary N) is 4. The fourth-order valence-electron chi connectivity index (χ4n) is 6.81. The molecule has 0 radical (unpaired) electrons. The second-order valence-corrected chi connectivity index (χ2v) is 23.2. The van der Waals surface area contributed by atoms with Gasteiger partial charge in [-0.2, -0.15) is 72.0 Å². The molecule has 2 aromatic heterocycles. The third-order valence-corrected chi connectivity index (χ3v) is 15.6. The molecule has 6 rings (SSSR count). The van der Waals surface area contributed by atoms with Gasteiger partial charge < -0.3 is 31.1 Å². The minimum Gasteiger partial charge on any atom is -0.341 e. The SMILES string of the molecule is CCN(CC)c1nc(Nc2ccc(/C=C/c3ccc(Nc4nc(Nc5cc(S(=O)(=O)O)ccc5S(=O)(=O)O)nc(N(CC)CC)n4)cc3S(=O)(=O)O)c([SH](=O)=O)c2)nc(Nc2cc(S(=O)(=O)O)ccc2S(=O)(=O)O)n1. The van der Waals surface area contributed by atoms with Gasteiger partial charge in [-0.25, -0.2) is 8.42 Å². The standard InChI is InChI=1S/C40H44N12O17S6/c1-5-51(6-2)39-47-35(45-37(49-39)43-29-21-27(71(55,56)57)15-17-32(29)73(61,62)63)41-25-13-11-23(31(19-25)70(53)54)9-10-24-12-14-26(20-34(24)75(67,68)69)42-36-46-38(50-40(48-36)52(7-3)8-4)44-30-22-28(72(58,59)60)16-18-33(30)74(64,65)66/h9-22,70H,5-8H2,1-4H3,(H,55,56,57)(H,58,59,60)(H,61,62,63)(H,64,65,66)(H,67,68,69)(H2,41,43,45,47,49)(H2,42,44,46,48,50)/b10-9+. The van der Waals surface area contributed by atoms with Crippen LogP contribution in [0.15, 0.2) is 102 Å². The van der Waals surface area contributed by atoms with Crippen molar-refractivity contribution in [3.8, 4) is 0 Å².